The minimum Gasteiger partial charge on any atom is -0.396 e. The normalized spacial score (nSPS) is 11.4. The van der Waals surface area contributed by atoms with Gasteiger partial charge in [0.1, 0.15) is 0 Å². The average Bonchev–Trinajstić information content (AvgIpc) is 2.42. The van der Waals surface area contributed by atoms with Gasteiger partial charge < -0.3 is 10.4 Å². The molecule has 0 saturated heterocycles. The van der Waals surface area contributed by atoms with Crippen LogP contribution in [0.5, 0.6) is 0 Å². The van der Waals surface area contributed by atoms with Crippen molar-refractivity contribution < 1.29 is 10.0 Å². The molecule has 19 heavy (non-hydrogen) atoms. The topological polar surface area (TPSA) is 75.4 Å². The van der Waals surface area contributed by atoms with Gasteiger partial charge in [-0.15, -0.1) is 0 Å². The van der Waals surface area contributed by atoms with Crippen LogP contribution in [0.3, 0.4) is 0 Å². The van der Waals surface area contributed by atoms with E-state index >= 15 is 0 Å². The fraction of sp³-hybridized carbons (Fsp3) is 0.571. The summed E-state index contributed by atoms with van der Waals surface area (Å²) in [5.74, 6) is 0. The number of aliphatic hydroxyl groups is 1. The van der Waals surface area contributed by atoms with Gasteiger partial charge in [-0.1, -0.05) is 19.9 Å². The molecule has 0 spiro atoms. The van der Waals surface area contributed by atoms with E-state index in [0.29, 0.717) is 12.1 Å². The number of nitro benzene ring substituents is 1. The van der Waals surface area contributed by atoms with Crippen molar-refractivity contribution in [2.24, 2.45) is 5.41 Å². The lowest BCUT2D eigenvalue weighted by atomic mass is 9.83. The summed E-state index contributed by atoms with van der Waals surface area (Å²) in [7, 11) is 0. The van der Waals surface area contributed by atoms with Crippen molar-refractivity contribution in [2.45, 2.75) is 33.6 Å². The third-order valence-electron chi connectivity index (χ3n) is 3.99. The molecule has 1 rings (SSSR count). The van der Waals surface area contributed by atoms with Crippen LogP contribution in [0.25, 0.3) is 0 Å². The molecule has 0 radical (unpaired) electrons. The number of benzene rings is 1. The lowest BCUT2D eigenvalue weighted by Crippen LogP contribution is -2.32. The molecule has 0 aromatic heterocycles. The van der Waals surface area contributed by atoms with E-state index in [-0.39, 0.29) is 22.6 Å². The molecule has 106 valence electrons. The van der Waals surface area contributed by atoms with Gasteiger partial charge in [-0.25, -0.2) is 0 Å². The number of nitrogens with one attached hydrogen (secondary N) is 1. The molecule has 5 nitrogen and oxygen atoms in total. The monoisotopic (exact) mass is 266 g/mol. The predicted octanol–water partition coefficient (Wildman–Crippen LogP) is 3.11. The molecule has 5 heteroatoms. The van der Waals surface area contributed by atoms with Gasteiger partial charge in [-0.2, -0.15) is 0 Å². The SMILES string of the molecule is CCC(CC)(CO)CNc1cccc([N+](=O)[O-])c1C. The average molecular weight is 266 g/mol. The summed E-state index contributed by atoms with van der Waals surface area (Å²) in [6, 6.07) is 5.00. The minimum absolute atomic E-state index is 0.112. The molecule has 0 atom stereocenters. The smallest absolute Gasteiger partial charge is 0.274 e. The van der Waals surface area contributed by atoms with Gasteiger partial charge >= 0.3 is 0 Å². The highest BCUT2D eigenvalue weighted by Crippen LogP contribution is 2.29. The zero-order chi connectivity index (χ0) is 14.5. The van der Waals surface area contributed by atoms with E-state index in [1.807, 2.05) is 19.9 Å². The maximum absolute atomic E-state index is 10.9. The van der Waals surface area contributed by atoms with Gasteiger partial charge in [0, 0.05) is 29.3 Å². The first-order valence-corrected chi connectivity index (χ1v) is 6.58. The highest BCUT2D eigenvalue weighted by atomic mass is 16.6. The predicted molar refractivity (Wildman–Crippen MR) is 76.4 cm³/mol. The van der Waals surface area contributed by atoms with Crippen molar-refractivity contribution in [1.82, 2.24) is 0 Å². The molecule has 0 aliphatic rings. The van der Waals surface area contributed by atoms with Crippen molar-refractivity contribution in [3.05, 3.63) is 33.9 Å². The number of nitrogens with zero attached hydrogens (tertiary/aromatic N) is 1. The number of hydrogen-bond acceptors (Lipinski definition) is 4. The summed E-state index contributed by atoms with van der Waals surface area (Å²) in [6.07, 6.45) is 1.72. The third-order valence-corrected chi connectivity index (χ3v) is 3.99. The van der Waals surface area contributed by atoms with Crippen LogP contribution in [-0.2, 0) is 0 Å². The molecule has 0 heterocycles. The summed E-state index contributed by atoms with van der Waals surface area (Å²) in [5.41, 5.74) is 1.34. The first-order chi connectivity index (χ1) is 8.99. The summed E-state index contributed by atoms with van der Waals surface area (Å²) in [4.78, 5) is 10.5. The molecule has 2 N–H and O–H groups in total. The molecule has 0 aliphatic carbocycles. The van der Waals surface area contributed by atoms with Crippen LogP contribution >= 0.6 is 0 Å². The standard InChI is InChI=1S/C14H22N2O3/c1-4-14(5-2,10-17)9-15-12-7-6-8-13(11(12)3)16(18)19/h6-8,15,17H,4-5,9-10H2,1-3H3. The molecular formula is C14H22N2O3. The molecule has 0 amide bonds. The van der Waals surface area contributed by atoms with Gasteiger partial charge in [0.15, 0.2) is 0 Å². The Morgan fingerprint density at radius 3 is 2.47 bits per heavy atom. The van der Waals surface area contributed by atoms with E-state index in [9.17, 15) is 15.2 Å². The number of rotatable bonds is 7. The van der Waals surface area contributed by atoms with Gasteiger partial charge in [0.25, 0.3) is 5.69 Å². The van der Waals surface area contributed by atoms with Crippen LogP contribution in [0.2, 0.25) is 0 Å². The molecule has 0 unspecified atom stereocenters. The van der Waals surface area contributed by atoms with Crippen molar-refractivity contribution in [2.75, 3.05) is 18.5 Å². The zero-order valence-electron chi connectivity index (χ0n) is 11.8. The minimum atomic E-state index is -0.376. The molecule has 1 aromatic carbocycles. The van der Waals surface area contributed by atoms with E-state index in [1.54, 1.807) is 13.0 Å². The largest absolute Gasteiger partial charge is 0.396 e. The lowest BCUT2D eigenvalue weighted by molar-refractivity contribution is -0.385. The fourth-order valence-corrected chi connectivity index (χ4v) is 2.07. The Morgan fingerprint density at radius 2 is 2.00 bits per heavy atom. The highest BCUT2D eigenvalue weighted by Gasteiger charge is 2.25. The van der Waals surface area contributed by atoms with Crippen LogP contribution in [0.1, 0.15) is 32.3 Å². The highest BCUT2D eigenvalue weighted by molar-refractivity contribution is 5.59. The lowest BCUT2D eigenvalue weighted by Gasteiger charge is -2.30. The van der Waals surface area contributed by atoms with Crippen LogP contribution < -0.4 is 5.32 Å². The van der Waals surface area contributed by atoms with Crippen LogP contribution in [0.4, 0.5) is 11.4 Å². The Kier molecular flexibility index (Phi) is 5.30. The molecule has 0 aliphatic heterocycles. The van der Waals surface area contributed by atoms with Crippen molar-refractivity contribution in [1.29, 1.82) is 0 Å². The second-order valence-corrected chi connectivity index (χ2v) is 4.93. The summed E-state index contributed by atoms with van der Waals surface area (Å²) in [5, 5.41) is 23.6. The quantitative estimate of drug-likeness (QED) is 0.587. The number of nitro groups is 1. The van der Waals surface area contributed by atoms with Gasteiger partial charge in [0.2, 0.25) is 0 Å². The van der Waals surface area contributed by atoms with E-state index in [2.05, 4.69) is 5.32 Å². The molecular weight excluding hydrogens is 244 g/mol. The van der Waals surface area contributed by atoms with Crippen LogP contribution in [0.15, 0.2) is 18.2 Å². The summed E-state index contributed by atoms with van der Waals surface area (Å²) < 4.78 is 0. The molecule has 1 aromatic rings. The Balaban J connectivity index is 2.89. The van der Waals surface area contributed by atoms with E-state index in [1.165, 1.54) is 6.07 Å². The Labute approximate surface area is 113 Å². The molecule has 0 bridgehead atoms. The van der Waals surface area contributed by atoms with Gasteiger partial charge in [0.05, 0.1) is 11.5 Å². The first-order valence-electron chi connectivity index (χ1n) is 6.58. The first kappa shape index (κ1) is 15.4. The maximum Gasteiger partial charge on any atom is 0.274 e. The Bertz CT molecular complexity index is 434. The number of hydrogen-bond donors (Lipinski definition) is 2. The van der Waals surface area contributed by atoms with Crippen LogP contribution in [-0.4, -0.2) is 23.2 Å². The molecule has 0 fully saturated rings. The van der Waals surface area contributed by atoms with Gasteiger partial charge in [-0.3, -0.25) is 10.1 Å². The zero-order valence-corrected chi connectivity index (χ0v) is 11.8. The fourth-order valence-electron chi connectivity index (χ4n) is 2.07. The second kappa shape index (κ2) is 6.52. The van der Waals surface area contributed by atoms with E-state index in [4.69, 9.17) is 0 Å². The number of anilines is 1. The van der Waals surface area contributed by atoms with Crippen molar-refractivity contribution in [3.8, 4) is 0 Å². The number of aliphatic hydroxyl groups excluding tert-OH is 1. The Morgan fingerprint density at radius 1 is 1.37 bits per heavy atom. The van der Waals surface area contributed by atoms with Crippen molar-refractivity contribution in [3.63, 3.8) is 0 Å². The van der Waals surface area contributed by atoms with E-state index in [0.717, 1.165) is 18.5 Å². The Hall–Kier alpha value is -1.62. The van der Waals surface area contributed by atoms with Crippen LogP contribution in [0, 0.1) is 22.5 Å². The second-order valence-electron chi connectivity index (χ2n) is 4.93. The van der Waals surface area contributed by atoms with Crippen molar-refractivity contribution >= 4 is 11.4 Å². The molecule has 0 saturated carbocycles. The summed E-state index contributed by atoms with van der Waals surface area (Å²) in [6.45, 7) is 6.54. The maximum atomic E-state index is 10.9. The van der Waals surface area contributed by atoms with E-state index < -0.39 is 0 Å². The van der Waals surface area contributed by atoms with Gasteiger partial charge in [-0.05, 0) is 25.8 Å². The summed E-state index contributed by atoms with van der Waals surface area (Å²) >= 11 is 0. The third kappa shape index (κ3) is 3.44.